The van der Waals surface area contributed by atoms with Gasteiger partial charge in [0.25, 0.3) is 0 Å². The van der Waals surface area contributed by atoms with E-state index in [2.05, 4.69) is 10.6 Å². The maximum atomic E-state index is 12.0. The molecule has 0 aliphatic heterocycles. The Morgan fingerprint density at radius 3 is 2.72 bits per heavy atom. The van der Waals surface area contributed by atoms with Gasteiger partial charge in [-0.1, -0.05) is 24.6 Å². The molecule has 1 fully saturated rings. The molecule has 2 rings (SSSR count). The normalized spacial score (nSPS) is 19.2. The smallest absolute Gasteiger partial charge is 0.317 e. The third kappa shape index (κ3) is 5.51. The minimum absolute atomic E-state index is 0.0381. The van der Waals surface area contributed by atoms with Crippen LogP contribution < -0.4 is 15.4 Å². The lowest BCUT2D eigenvalue weighted by molar-refractivity contribution is -0.139. The molecular weight excluding hydrogens is 346 g/mol. The molecular formula is C17H24ClN3O4. The summed E-state index contributed by atoms with van der Waals surface area (Å²) in [6.07, 6.45) is 1.53. The van der Waals surface area contributed by atoms with Gasteiger partial charge in [0.1, 0.15) is 5.75 Å². The van der Waals surface area contributed by atoms with Gasteiger partial charge < -0.3 is 20.5 Å². The minimum atomic E-state index is -0.826. The Labute approximate surface area is 152 Å². The van der Waals surface area contributed by atoms with E-state index in [1.54, 1.807) is 19.2 Å². The van der Waals surface area contributed by atoms with Crippen LogP contribution in [-0.2, 0) is 11.3 Å². The molecule has 0 heterocycles. The van der Waals surface area contributed by atoms with E-state index >= 15 is 0 Å². The van der Waals surface area contributed by atoms with Crippen molar-refractivity contribution in [2.75, 3.05) is 20.2 Å². The van der Waals surface area contributed by atoms with Gasteiger partial charge in [0, 0.05) is 29.2 Å². The zero-order valence-corrected chi connectivity index (χ0v) is 15.2. The fourth-order valence-corrected chi connectivity index (χ4v) is 3.12. The van der Waals surface area contributed by atoms with Crippen LogP contribution in [0.1, 0.15) is 25.3 Å². The molecule has 0 aromatic heterocycles. The van der Waals surface area contributed by atoms with Crippen molar-refractivity contribution in [3.8, 4) is 5.75 Å². The molecule has 0 atom stereocenters. The van der Waals surface area contributed by atoms with Crippen molar-refractivity contribution < 1.29 is 19.4 Å². The molecule has 0 spiro atoms. The Morgan fingerprint density at radius 1 is 1.40 bits per heavy atom. The maximum Gasteiger partial charge on any atom is 0.317 e. The van der Waals surface area contributed by atoms with E-state index in [0.29, 0.717) is 23.9 Å². The minimum Gasteiger partial charge on any atom is -0.496 e. The Kier molecular flexibility index (Phi) is 6.90. The molecule has 1 saturated carbocycles. The lowest BCUT2D eigenvalue weighted by Gasteiger charge is -2.42. The number of nitrogens with one attached hydrogen (secondary N) is 2. The van der Waals surface area contributed by atoms with Gasteiger partial charge in [-0.15, -0.1) is 0 Å². The topological polar surface area (TPSA) is 90.9 Å². The highest BCUT2D eigenvalue weighted by atomic mass is 35.5. The first kappa shape index (κ1) is 19.3. The van der Waals surface area contributed by atoms with Crippen molar-refractivity contribution in [2.45, 2.75) is 38.4 Å². The van der Waals surface area contributed by atoms with Crippen molar-refractivity contribution in [3.05, 3.63) is 28.8 Å². The molecule has 3 N–H and O–H groups in total. The van der Waals surface area contributed by atoms with Crippen LogP contribution in [0.4, 0.5) is 4.79 Å². The van der Waals surface area contributed by atoms with Crippen LogP contribution >= 0.6 is 11.6 Å². The number of likely N-dealkylation sites (N-methyl/N-ethyl adjacent to an activating group) is 1. The Hall–Kier alpha value is -1.99. The monoisotopic (exact) mass is 369 g/mol. The molecule has 1 aromatic carbocycles. The van der Waals surface area contributed by atoms with Crippen LogP contribution in [0.5, 0.6) is 5.75 Å². The average molecular weight is 370 g/mol. The molecule has 0 unspecified atom stereocenters. The molecule has 2 amide bonds. The number of hydrogen-bond acceptors (Lipinski definition) is 4. The Bertz CT molecular complexity index is 620. The number of nitrogens with zero attached hydrogens (tertiary/aromatic N) is 1. The maximum absolute atomic E-state index is 12.0. The molecule has 0 radical (unpaired) electrons. The SMILES string of the molecule is CCN(CC(=O)O)C1CC(NC(=O)NCc2ccc(Cl)cc2OC)C1. The van der Waals surface area contributed by atoms with E-state index < -0.39 is 5.97 Å². The van der Waals surface area contributed by atoms with Crippen LogP contribution in [0.3, 0.4) is 0 Å². The molecule has 1 aliphatic carbocycles. The summed E-state index contributed by atoms with van der Waals surface area (Å²) in [6, 6.07) is 5.29. The van der Waals surface area contributed by atoms with E-state index in [-0.39, 0.29) is 24.7 Å². The first-order valence-electron chi connectivity index (χ1n) is 8.25. The molecule has 8 heteroatoms. The number of amides is 2. The first-order chi connectivity index (χ1) is 11.9. The highest BCUT2D eigenvalue weighted by Gasteiger charge is 2.34. The van der Waals surface area contributed by atoms with E-state index in [1.165, 1.54) is 0 Å². The largest absolute Gasteiger partial charge is 0.496 e. The van der Waals surface area contributed by atoms with Crippen molar-refractivity contribution in [3.63, 3.8) is 0 Å². The Balaban J connectivity index is 1.74. The van der Waals surface area contributed by atoms with E-state index in [9.17, 15) is 9.59 Å². The lowest BCUT2D eigenvalue weighted by atomic mass is 9.85. The Morgan fingerprint density at radius 2 is 2.12 bits per heavy atom. The molecule has 138 valence electrons. The van der Waals surface area contributed by atoms with Crippen LogP contribution in [0.15, 0.2) is 18.2 Å². The number of ether oxygens (including phenoxy) is 1. The van der Waals surface area contributed by atoms with Gasteiger partial charge in [0.15, 0.2) is 0 Å². The third-order valence-electron chi connectivity index (χ3n) is 4.40. The summed E-state index contributed by atoms with van der Waals surface area (Å²) in [6.45, 7) is 3.00. The number of benzene rings is 1. The van der Waals surface area contributed by atoms with Crippen LogP contribution in [0.2, 0.25) is 5.02 Å². The predicted molar refractivity (Wildman–Crippen MR) is 95.1 cm³/mol. The van der Waals surface area contributed by atoms with Crippen molar-refractivity contribution in [1.82, 2.24) is 15.5 Å². The second-order valence-corrected chi connectivity index (χ2v) is 6.50. The lowest BCUT2D eigenvalue weighted by Crippen LogP contribution is -2.56. The number of methoxy groups -OCH3 is 1. The van der Waals surface area contributed by atoms with Crippen LogP contribution in [0, 0.1) is 0 Å². The fourth-order valence-electron chi connectivity index (χ4n) is 2.95. The molecule has 1 aliphatic rings. The summed E-state index contributed by atoms with van der Waals surface area (Å²) in [4.78, 5) is 24.8. The van der Waals surface area contributed by atoms with Crippen molar-refractivity contribution >= 4 is 23.6 Å². The number of aliphatic carboxylic acids is 1. The summed E-state index contributed by atoms with van der Waals surface area (Å²) >= 11 is 5.92. The van der Waals surface area contributed by atoms with Crippen LogP contribution in [-0.4, -0.2) is 54.3 Å². The highest BCUT2D eigenvalue weighted by Crippen LogP contribution is 2.26. The third-order valence-corrected chi connectivity index (χ3v) is 4.63. The van der Waals surface area contributed by atoms with Crippen molar-refractivity contribution in [1.29, 1.82) is 0 Å². The number of carbonyl (C=O) groups is 2. The zero-order valence-electron chi connectivity index (χ0n) is 14.4. The summed E-state index contributed by atoms with van der Waals surface area (Å²) in [5.74, 6) is -0.198. The molecule has 7 nitrogen and oxygen atoms in total. The number of urea groups is 1. The van der Waals surface area contributed by atoms with Gasteiger partial charge in [0.05, 0.1) is 13.7 Å². The van der Waals surface area contributed by atoms with Gasteiger partial charge >= 0.3 is 12.0 Å². The predicted octanol–water partition coefficient (Wildman–Crippen LogP) is 2.09. The van der Waals surface area contributed by atoms with Gasteiger partial charge in [-0.05, 0) is 31.5 Å². The van der Waals surface area contributed by atoms with E-state index in [0.717, 1.165) is 18.4 Å². The van der Waals surface area contributed by atoms with E-state index in [1.807, 2.05) is 17.9 Å². The zero-order chi connectivity index (χ0) is 18.4. The molecule has 0 bridgehead atoms. The molecule has 25 heavy (non-hydrogen) atoms. The summed E-state index contributed by atoms with van der Waals surface area (Å²) < 4.78 is 5.25. The van der Waals surface area contributed by atoms with Crippen molar-refractivity contribution in [2.24, 2.45) is 0 Å². The summed E-state index contributed by atoms with van der Waals surface area (Å²) in [5, 5.41) is 15.2. The highest BCUT2D eigenvalue weighted by molar-refractivity contribution is 6.30. The number of carboxylic acid groups (broad SMARTS) is 1. The first-order valence-corrected chi connectivity index (χ1v) is 8.63. The van der Waals surface area contributed by atoms with Crippen LogP contribution in [0.25, 0.3) is 0 Å². The number of hydrogen-bond donors (Lipinski definition) is 3. The second kappa shape index (κ2) is 8.92. The van der Waals surface area contributed by atoms with Gasteiger partial charge in [-0.2, -0.15) is 0 Å². The number of rotatable bonds is 8. The number of halogens is 1. The number of carboxylic acids is 1. The van der Waals surface area contributed by atoms with E-state index in [4.69, 9.17) is 21.4 Å². The quantitative estimate of drug-likeness (QED) is 0.652. The standard InChI is InChI=1S/C17H24ClN3O4/c1-3-21(10-16(22)23)14-7-13(8-14)20-17(24)19-9-11-4-5-12(18)6-15(11)25-2/h4-6,13-14H,3,7-10H2,1-2H3,(H,22,23)(H2,19,20,24). The second-order valence-electron chi connectivity index (χ2n) is 6.06. The fraction of sp³-hybridized carbons (Fsp3) is 0.529. The van der Waals surface area contributed by atoms with Gasteiger partial charge in [-0.3, -0.25) is 9.69 Å². The average Bonchev–Trinajstić information content (AvgIpc) is 2.54. The molecule has 0 saturated heterocycles. The summed E-state index contributed by atoms with van der Waals surface area (Å²) in [7, 11) is 1.56. The summed E-state index contributed by atoms with van der Waals surface area (Å²) in [5.41, 5.74) is 0.840. The molecule has 1 aromatic rings. The van der Waals surface area contributed by atoms with Gasteiger partial charge in [0.2, 0.25) is 0 Å². The van der Waals surface area contributed by atoms with Gasteiger partial charge in [-0.25, -0.2) is 4.79 Å². The number of carbonyl (C=O) groups excluding carboxylic acids is 1.